The molecule has 8 heteroatoms. The van der Waals surface area contributed by atoms with E-state index in [0.29, 0.717) is 8.95 Å². The number of nitrogens with two attached hydrogens (primary N) is 1. The van der Waals surface area contributed by atoms with Gasteiger partial charge in [-0.2, -0.15) is 0 Å². The van der Waals surface area contributed by atoms with Gasteiger partial charge in [0.1, 0.15) is 4.90 Å². The highest BCUT2D eigenvalue weighted by Gasteiger charge is 2.22. The molecule has 0 bridgehead atoms. The fraction of sp³-hybridized carbons (Fsp3) is 0.400. The summed E-state index contributed by atoms with van der Waals surface area (Å²) in [4.78, 5) is 0.0361. The Kier molecular flexibility index (Phi) is 5.60. The van der Waals surface area contributed by atoms with Crippen LogP contribution in [0, 0.1) is 0 Å². The number of rotatable bonds is 5. The van der Waals surface area contributed by atoms with Crippen molar-refractivity contribution in [3.05, 3.63) is 21.1 Å². The lowest BCUT2D eigenvalue weighted by atomic mass is 10.3. The zero-order valence-corrected chi connectivity index (χ0v) is 13.9. The second-order valence-corrected chi connectivity index (χ2v) is 7.18. The van der Waals surface area contributed by atoms with Crippen molar-refractivity contribution in [2.45, 2.75) is 17.9 Å². The van der Waals surface area contributed by atoms with Gasteiger partial charge in [-0.1, -0.05) is 15.9 Å². The summed E-state index contributed by atoms with van der Waals surface area (Å²) in [6.07, 6.45) is -0.213. The molecule has 5 nitrogen and oxygen atoms in total. The number of nitrogen functional groups attached to an aromatic ring is 1. The average Bonchev–Trinajstić information content (AvgIpc) is 2.24. The van der Waals surface area contributed by atoms with Crippen LogP contribution in [-0.4, -0.2) is 28.2 Å². The molecule has 18 heavy (non-hydrogen) atoms. The molecule has 0 heterocycles. The third kappa shape index (κ3) is 3.92. The summed E-state index contributed by atoms with van der Waals surface area (Å²) in [6.45, 7) is 1.95. The fourth-order valence-corrected chi connectivity index (χ4v) is 4.43. The summed E-state index contributed by atoms with van der Waals surface area (Å²) in [5.74, 6) is 0. The van der Waals surface area contributed by atoms with E-state index < -0.39 is 10.0 Å². The molecule has 3 N–H and O–H groups in total. The number of sulfonamides is 1. The zero-order valence-electron chi connectivity index (χ0n) is 9.91. The number of benzene rings is 1. The largest absolute Gasteiger partial charge is 0.398 e. The number of ether oxygens (including phenoxy) is 1. The lowest BCUT2D eigenvalue weighted by Gasteiger charge is -2.14. The van der Waals surface area contributed by atoms with Crippen molar-refractivity contribution in [1.29, 1.82) is 0 Å². The molecule has 1 atom stereocenters. The van der Waals surface area contributed by atoms with Crippen molar-refractivity contribution < 1.29 is 13.2 Å². The van der Waals surface area contributed by atoms with Gasteiger partial charge in [-0.3, -0.25) is 0 Å². The van der Waals surface area contributed by atoms with Gasteiger partial charge in [0, 0.05) is 22.6 Å². The molecule has 0 aromatic heterocycles. The van der Waals surface area contributed by atoms with Gasteiger partial charge in [0.05, 0.1) is 11.8 Å². The minimum absolute atomic E-state index is 0.0361. The van der Waals surface area contributed by atoms with Crippen molar-refractivity contribution >= 4 is 47.6 Å². The van der Waals surface area contributed by atoms with Gasteiger partial charge in [-0.05, 0) is 35.0 Å². The lowest BCUT2D eigenvalue weighted by molar-refractivity contribution is 0.122. The maximum Gasteiger partial charge on any atom is 0.243 e. The minimum atomic E-state index is -3.67. The monoisotopic (exact) mass is 400 g/mol. The van der Waals surface area contributed by atoms with E-state index in [1.807, 2.05) is 0 Å². The van der Waals surface area contributed by atoms with E-state index in [9.17, 15) is 8.42 Å². The third-order valence-corrected chi connectivity index (χ3v) is 5.15. The van der Waals surface area contributed by atoms with Crippen molar-refractivity contribution in [2.24, 2.45) is 0 Å². The average molecular weight is 402 g/mol. The summed E-state index contributed by atoms with van der Waals surface area (Å²) in [6, 6.07) is 3.17. The highest BCUT2D eigenvalue weighted by Crippen LogP contribution is 2.31. The molecule has 1 rings (SSSR count). The summed E-state index contributed by atoms with van der Waals surface area (Å²) >= 11 is 6.44. The molecular weight excluding hydrogens is 388 g/mol. The Labute approximate surface area is 123 Å². The van der Waals surface area contributed by atoms with E-state index in [1.54, 1.807) is 19.1 Å². The summed E-state index contributed by atoms with van der Waals surface area (Å²) in [5, 5.41) is 0. The van der Waals surface area contributed by atoms with Crippen LogP contribution in [0.1, 0.15) is 6.92 Å². The van der Waals surface area contributed by atoms with Gasteiger partial charge in [0.15, 0.2) is 0 Å². The fourth-order valence-electron chi connectivity index (χ4n) is 1.25. The van der Waals surface area contributed by atoms with Crippen molar-refractivity contribution in [2.75, 3.05) is 19.4 Å². The molecule has 1 aromatic rings. The molecule has 0 amide bonds. The predicted molar refractivity (Wildman–Crippen MR) is 77.9 cm³/mol. The van der Waals surface area contributed by atoms with Crippen LogP contribution < -0.4 is 10.5 Å². The van der Waals surface area contributed by atoms with Crippen LogP contribution in [0.4, 0.5) is 5.69 Å². The van der Waals surface area contributed by atoms with Gasteiger partial charge >= 0.3 is 0 Å². The first-order valence-corrected chi connectivity index (χ1v) is 8.12. The summed E-state index contributed by atoms with van der Waals surface area (Å²) < 4.78 is 32.8. The normalized spacial score (nSPS) is 13.6. The van der Waals surface area contributed by atoms with E-state index in [1.165, 1.54) is 7.11 Å². The van der Waals surface area contributed by atoms with Gasteiger partial charge < -0.3 is 10.5 Å². The number of methoxy groups -OCH3 is 1. The van der Waals surface area contributed by atoms with Gasteiger partial charge in [-0.25, -0.2) is 13.1 Å². The summed E-state index contributed by atoms with van der Waals surface area (Å²) in [7, 11) is -2.15. The molecule has 102 valence electrons. The van der Waals surface area contributed by atoms with E-state index in [0.717, 1.165) is 0 Å². The number of hydrogen-bond donors (Lipinski definition) is 2. The molecule has 0 fully saturated rings. The van der Waals surface area contributed by atoms with E-state index in [-0.39, 0.29) is 23.2 Å². The Balaban J connectivity index is 3.06. The number of halogens is 2. The van der Waals surface area contributed by atoms with E-state index >= 15 is 0 Å². The molecule has 0 spiro atoms. The second-order valence-electron chi connectivity index (χ2n) is 3.70. The van der Waals surface area contributed by atoms with Crippen LogP contribution in [0.25, 0.3) is 0 Å². The quantitative estimate of drug-likeness (QED) is 0.740. The van der Waals surface area contributed by atoms with Crippen LogP contribution >= 0.6 is 31.9 Å². The topological polar surface area (TPSA) is 81.4 Å². The van der Waals surface area contributed by atoms with E-state index in [2.05, 4.69) is 36.6 Å². The highest BCUT2D eigenvalue weighted by molar-refractivity contribution is 9.11. The smallest absolute Gasteiger partial charge is 0.243 e. The molecule has 1 unspecified atom stereocenters. The molecule has 0 saturated heterocycles. The van der Waals surface area contributed by atoms with Crippen molar-refractivity contribution in [1.82, 2.24) is 4.72 Å². The first-order valence-electron chi connectivity index (χ1n) is 5.05. The first-order chi connectivity index (χ1) is 8.27. The molecule has 0 radical (unpaired) electrons. The van der Waals surface area contributed by atoms with E-state index in [4.69, 9.17) is 10.5 Å². The molecule has 0 aliphatic carbocycles. The maximum absolute atomic E-state index is 12.1. The van der Waals surface area contributed by atoms with Crippen LogP contribution in [0.2, 0.25) is 0 Å². The Morgan fingerprint density at radius 1 is 1.44 bits per heavy atom. The van der Waals surface area contributed by atoms with Crippen LogP contribution in [0.15, 0.2) is 26.0 Å². The molecule has 0 aliphatic heterocycles. The zero-order chi connectivity index (χ0) is 13.9. The molecule has 0 aliphatic rings. The standard InChI is InChI=1S/C10H14Br2N2O3S/c1-6(17-2)5-14-18(15,16)10-8(12)3-7(11)4-9(10)13/h3-4,6,14H,5,13H2,1-2H3. The first kappa shape index (κ1) is 15.9. The molecule has 1 aromatic carbocycles. The Bertz CT molecular complexity index is 511. The van der Waals surface area contributed by atoms with Crippen molar-refractivity contribution in [3.8, 4) is 0 Å². The predicted octanol–water partition coefficient (Wildman–Crippen LogP) is 2.11. The SMILES string of the molecule is COC(C)CNS(=O)(=O)c1c(N)cc(Br)cc1Br. The van der Waals surface area contributed by atoms with Gasteiger partial charge in [0.25, 0.3) is 0 Å². The third-order valence-electron chi connectivity index (χ3n) is 2.27. The number of anilines is 1. The Hall–Kier alpha value is -0.150. The maximum atomic E-state index is 12.1. The Morgan fingerprint density at radius 2 is 2.06 bits per heavy atom. The van der Waals surface area contributed by atoms with Crippen LogP contribution in [0.5, 0.6) is 0 Å². The van der Waals surface area contributed by atoms with Gasteiger partial charge in [0.2, 0.25) is 10.0 Å². The Morgan fingerprint density at radius 3 is 2.56 bits per heavy atom. The van der Waals surface area contributed by atoms with Crippen LogP contribution in [0.3, 0.4) is 0 Å². The lowest BCUT2D eigenvalue weighted by Crippen LogP contribution is -2.32. The summed E-state index contributed by atoms with van der Waals surface area (Å²) in [5.41, 5.74) is 5.91. The molecular formula is C10H14Br2N2O3S. The van der Waals surface area contributed by atoms with Crippen molar-refractivity contribution in [3.63, 3.8) is 0 Å². The van der Waals surface area contributed by atoms with Gasteiger partial charge in [-0.15, -0.1) is 0 Å². The number of nitrogens with one attached hydrogen (secondary N) is 1. The highest BCUT2D eigenvalue weighted by atomic mass is 79.9. The molecule has 0 saturated carbocycles. The second kappa shape index (κ2) is 6.33. The van der Waals surface area contributed by atoms with Crippen LogP contribution in [-0.2, 0) is 14.8 Å². The number of hydrogen-bond acceptors (Lipinski definition) is 4. The minimum Gasteiger partial charge on any atom is -0.398 e.